The molecule has 0 rings (SSSR count). The Kier molecular flexibility index (Phi) is 3.22. The first-order valence-corrected chi connectivity index (χ1v) is 4.65. The molecular weight excluding hydrogens is 131 g/mol. The molecule has 0 fully saturated rings. The predicted octanol–water partition coefficient (Wildman–Crippen LogP) is 2.89. The second kappa shape index (κ2) is 3.20. The van der Waals surface area contributed by atoms with Gasteiger partial charge < -0.3 is 0 Å². The molecule has 0 aliphatic heterocycles. The zero-order valence-electron chi connectivity index (χ0n) is 9.28. The summed E-state index contributed by atoms with van der Waals surface area (Å²) in [6.45, 7) is 14.0. The zero-order chi connectivity index (χ0) is 9.28. The van der Waals surface area contributed by atoms with Crippen LogP contribution in [0.3, 0.4) is 0 Å². The van der Waals surface area contributed by atoms with Crippen LogP contribution in [0.25, 0.3) is 0 Å². The SMILES string of the molecule is BC(C)C(C)(C)CC(C)(C)C. The predicted molar refractivity (Wildman–Crippen MR) is 55.8 cm³/mol. The molecular formula is C10H23B. The topological polar surface area (TPSA) is 0 Å². The average molecular weight is 154 g/mol. The minimum atomic E-state index is 0.466. The van der Waals surface area contributed by atoms with Crippen LogP contribution in [0.5, 0.6) is 0 Å². The van der Waals surface area contributed by atoms with E-state index in [1.54, 1.807) is 0 Å². The van der Waals surface area contributed by atoms with E-state index in [9.17, 15) is 0 Å². The molecule has 0 N–H and O–H groups in total. The van der Waals surface area contributed by atoms with Gasteiger partial charge in [0.1, 0.15) is 7.85 Å². The molecule has 66 valence electrons. The first kappa shape index (κ1) is 11.1. The molecule has 0 saturated carbocycles. The molecule has 0 radical (unpaired) electrons. The van der Waals surface area contributed by atoms with Crippen LogP contribution in [0.15, 0.2) is 0 Å². The normalized spacial score (nSPS) is 16.5. The molecule has 1 unspecified atom stereocenters. The van der Waals surface area contributed by atoms with E-state index < -0.39 is 0 Å². The first-order valence-electron chi connectivity index (χ1n) is 4.65. The van der Waals surface area contributed by atoms with Crippen molar-refractivity contribution in [2.75, 3.05) is 0 Å². The van der Waals surface area contributed by atoms with Gasteiger partial charge in [-0.2, -0.15) is 0 Å². The van der Waals surface area contributed by atoms with Gasteiger partial charge in [-0.1, -0.05) is 47.4 Å². The van der Waals surface area contributed by atoms with E-state index in [1.807, 2.05) is 0 Å². The van der Waals surface area contributed by atoms with Crippen molar-refractivity contribution in [2.24, 2.45) is 10.8 Å². The monoisotopic (exact) mass is 154 g/mol. The van der Waals surface area contributed by atoms with Gasteiger partial charge in [-0.15, -0.1) is 0 Å². The summed E-state index contributed by atoms with van der Waals surface area (Å²) in [4.78, 5) is 0. The Morgan fingerprint density at radius 2 is 1.45 bits per heavy atom. The van der Waals surface area contributed by atoms with Crippen LogP contribution in [-0.2, 0) is 0 Å². The smallest absolute Gasteiger partial charge is 0.0692 e. The maximum atomic E-state index is 2.36. The summed E-state index contributed by atoms with van der Waals surface area (Å²) in [5.41, 5.74) is 0.950. The first-order chi connectivity index (χ1) is 4.65. The Labute approximate surface area is 73.2 Å². The summed E-state index contributed by atoms with van der Waals surface area (Å²) in [5, 5.41) is 0. The third-order valence-electron chi connectivity index (χ3n) is 2.55. The second-order valence-corrected chi connectivity index (χ2v) is 5.88. The van der Waals surface area contributed by atoms with Crippen LogP contribution >= 0.6 is 0 Å². The molecule has 0 aromatic rings. The summed E-state index contributed by atoms with van der Waals surface area (Å²) in [6, 6.07) is 0. The van der Waals surface area contributed by atoms with Crippen molar-refractivity contribution in [3.8, 4) is 0 Å². The quantitative estimate of drug-likeness (QED) is 0.536. The number of hydrogen-bond donors (Lipinski definition) is 0. The maximum Gasteiger partial charge on any atom is 0.105 e. The van der Waals surface area contributed by atoms with Crippen LogP contribution < -0.4 is 0 Å². The number of rotatable bonds is 2. The minimum absolute atomic E-state index is 0.466. The van der Waals surface area contributed by atoms with Crippen LogP contribution in [0, 0.1) is 10.8 Å². The van der Waals surface area contributed by atoms with Crippen LogP contribution in [0.4, 0.5) is 0 Å². The lowest BCUT2D eigenvalue weighted by Gasteiger charge is -2.36. The van der Waals surface area contributed by atoms with E-state index in [0.717, 1.165) is 5.82 Å². The zero-order valence-corrected chi connectivity index (χ0v) is 9.28. The molecule has 1 atom stereocenters. The summed E-state index contributed by atoms with van der Waals surface area (Å²) in [6.07, 6.45) is 1.30. The lowest BCUT2D eigenvalue weighted by atomic mass is 9.62. The average Bonchev–Trinajstić information content (AvgIpc) is 1.56. The van der Waals surface area contributed by atoms with Crippen LogP contribution in [0.2, 0.25) is 5.82 Å². The Morgan fingerprint density at radius 3 is 1.55 bits per heavy atom. The summed E-state index contributed by atoms with van der Waals surface area (Å²) >= 11 is 0. The van der Waals surface area contributed by atoms with Crippen LogP contribution in [0.1, 0.15) is 48.0 Å². The van der Waals surface area contributed by atoms with Gasteiger partial charge in [0.25, 0.3) is 0 Å². The van der Waals surface area contributed by atoms with Gasteiger partial charge in [-0.3, -0.25) is 0 Å². The molecule has 0 aromatic heterocycles. The highest BCUT2D eigenvalue weighted by Crippen LogP contribution is 2.40. The van der Waals surface area contributed by atoms with Gasteiger partial charge in [-0.05, 0) is 17.3 Å². The van der Waals surface area contributed by atoms with Gasteiger partial charge in [0.15, 0.2) is 0 Å². The van der Waals surface area contributed by atoms with E-state index in [1.165, 1.54) is 6.42 Å². The molecule has 0 heterocycles. The van der Waals surface area contributed by atoms with Crippen molar-refractivity contribution in [1.29, 1.82) is 0 Å². The van der Waals surface area contributed by atoms with Crippen molar-refractivity contribution in [3.05, 3.63) is 0 Å². The Balaban J connectivity index is 4.13. The highest BCUT2D eigenvalue weighted by atomic mass is 14.3. The van der Waals surface area contributed by atoms with Crippen LogP contribution in [-0.4, -0.2) is 7.85 Å². The summed E-state index contributed by atoms with van der Waals surface area (Å²) in [7, 11) is 2.31. The fourth-order valence-corrected chi connectivity index (χ4v) is 1.57. The van der Waals surface area contributed by atoms with E-state index >= 15 is 0 Å². The fraction of sp³-hybridized carbons (Fsp3) is 1.00. The molecule has 0 aliphatic carbocycles. The van der Waals surface area contributed by atoms with E-state index in [2.05, 4.69) is 49.4 Å². The van der Waals surface area contributed by atoms with Crippen molar-refractivity contribution < 1.29 is 0 Å². The Hall–Kier alpha value is 0.0649. The fourth-order valence-electron chi connectivity index (χ4n) is 1.57. The lowest BCUT2D eigenvalue weighted by Crippen LogP contribution is -2.24. The molecule has 0 bridgehead atoms. The van der Waals surface area contributed by atoms with Crippen molar-refractivity contribution in [3.63, 3.8) is 0 Å². The van der Waals surface area contributed by atoms with E-state index in [-0.39, 0.29) is 0 Å². The van der Waals surface area contributed by atoms with E-state index in [0.29, 0.717) is 10.8 Å². The molecule has 11 heavy (non-hydrogen) atoms. The van der Waals surface area contributed by atoms with Gasteiger partial charge in [0, 0.05) is 0 Å². The molecule has 0 aliphatic rings. The molecule has 0 spiro atoms. The van der Waals surface area contributed by atoms with Gasteiger partial charge in [-0.25, -0.2) is 0 Å². The largest absolute Gasteiger partial charge is 0.105 e. The molecule has 1 heteroatoms. The van der Waals surface area contributed by atoms with Gasteiger partial charge in [0.2, 0.25) is 0 Å². The lowest BCUT2D eigenvalue weighted by molar-refractivity contribution is 0.207. The highest BCUT2D eigenvalue weighted by molar-refractivity contribution is 6.11. The molecule has 0 nitrogen and oxygen atoms in total. The molecule has 0 amide bonds. The Bertz CT molecular complexity index is 117. The van der Waals surface area contributed by atoms with Gasteiger partial charge >= 0.3 is 0 Å². The Morgan fingerprint density at radius 1 is 1.09 bits per heavy atom. The summed E-state index contributed by atoms with van der Waals surface area (Å²) < 4.78 is 0. The van der Waals surface area contributed by atoms with Crippen molar-refractivity contribution >= 4 is 7.85 Å². The molecule has 0 aromatic carbocycles. The van der Waals surface area contributed by atoms with Crippen molar-refractivity contribution in [2.45, 2.75) is 53.8 Å². The third-order valence-corrected chi connectivity index (χ3v) is 2.55. The maximum absolute atomic E-state index is 2.36. The van der Waals surface area contributed by atoms with Gasteiger partial charge in [0.05, 0.1) is 0 Å². The third kappa shape index (κ3) is 4.50. The second-order valence-electron chi connectivity index (χ2n) is 5.88. The standard InChI is InChI=1S/C10H23B/c1-8(11)10(5,6)7-9(2,3)4/h8H,7,11H2,1-6H3. The highest BCUT2D eigenvalue weighted by Gasteiger charge is 2.27. The summed E-state index contributed by atoms with van der Waals surface area (Å²) in [5.74, 6) is 0.779. The van der Waals surface area contributed by atoms with Crippen molar-refractivity contribution in [1.82, 2.24) is 0 Å². The minimum Gasteiger partial charge on any atom is -0.0692 e. The molecule has 0 saturated heterocycles. The number of hydrogen-bond acceptors (Lipinski definition) is 0. The van der Waals surface area contributed by atoms with E-state index in [4.69, 9.17) is 0 Å².